The summed E-state index contributed by atoms with van der Waals surface area (Å²) in [5.74, 6) is 0.227. The first-order chi connectivity index (χ1) is 23.7. The normalized spacial score (nSPS) is 12.3. The molecular weight excluding hydrogens is 637 g/mol. The van der Waals surface area contributed by atoms with E-state index < -0.39 is 35.2 Å². The molecule has 2 N–H and O–H groups in total. The second-order valence-corrected chi connectivity index (χ2v) is 13.8. The Morgan fingerprint density at radius 2 is 1.58 bits per heavy atom. The Kier molecular flexibility index (Phi) is 10.4. The van der Waals surface area contributed by atoms with Crippen LogP contribution >= 0.6 is 0 Å². The zero-order chi connectivity index (χ0) is 36.2. The van der Waals surface area contributed by atoms with Gasteiger partial charge in [-0.15, -0.1) is 0 Å². The van der Waals surface area contributed by atoms with E-state index in [1.54, 1.807) is 72.0 Å². The van der Waals surface area contributed by atoms with Crippen molar-refractivity contribution in [2.24, 2.45) is 0 Å². The van der Waals surface area contributed by atoms with Crippen molar-refractivity contribution < 1.29 is 28.2 Å². The van der Waals surface area contributed by atoms with E-state index in [0.29, 0.717) is 40.9 Å². The number of hydrogen-bond acceptors (Lipinski definition) is 8. The second kappa shape index (κ2) is 14.6. The molecular formula is C39H44FN5O5. The number of aryl methyl sites for hydroxylation is 1. The smallest absolute Gasteiger partial charge is 0.425 e. The number of ether oxygens (including phenoxy) is 3. The highest BCUT2D eigenvalue weighted by atomic mass is 19.1. The number of halogens is 1. The molecule has 2 aromatic heterocycles. The van der Waals surface area contributed by atoms with Crippen LogP contribution in [0, 0.1) is 5.82 Å². The number of H-pyrrole nitrogens is 1. The number of aromatic amines is 1. The van der Waals surface area contributed by atoms with Crippen molar-refractivity contribution in [2.75, 3.05) is 16.8 Å². The standard InChI is InChI=1S/C39H44FN5O5/c1-9-24-20-29(32(40)31(21-24)48-10-2)33(34-42-23-30(44-34)25-14-12-11-13-15-25)43-27-16-17-28-26(22-27)18-19-41-35(28)45(36(46)49-38(3,4)5)37(47)50-39(6,7)8/h11-23,33,43H,9-10H2,1-8H3,(H,42,44). The number of amides is 2. The van der Waals surface area contributed by atoms with Gasteiger partial charge < -0.3 is 24.5 Å². The molecule has 262 valence electrons. The highest BCUT2D eigenvalue weighted by molar-refractivity contribution is 6.14. The van der Waals surface area contributed by atoms with E-state index in [2.05, 4.69) is 20.3 Å². The maximum absolute atomic E-state index is 16.2. The Hall–Kier alpha value is -5.45. The number of anilines is 2. The van der Waals surface area contributed by atoms with E-state index >= 15 is 4.39 Å². The number of imide groups is 1. The van der Waals surface area contributed by atoms with E-state index in [1.807, 2.05) is 56.3 Å². The Labute approximate surface area is 292 Å². The fraction of sp³-hybridized carbons (Fsp3) is 0.333. The van der Waals surface area contributed by atoms with Crippen molar-refractivity contribution in [2.45, 2.75) is 79.1 Å². The van der Waals surface area contributed by atoms with Crippen LogP contribution in [-0.2, 0) is 15.9 Å². The largest absolute Gasteiger partial charge is 0.491 e. The number of aromatic nitrogens is 3. The number of carbonyl (C=O) groups excluding carboxylic acids is 2. The first kappa shape index (κ1) is 35.8. The Morgan fingerprint density at radius 3 is 2.20 bits per heavy atom. The molecule has 50 heavy (non-hydrogen) atoms. The van der Waals surface area contributed by atoms with Gasteiger partial charge in [0.1, 0.15) is 23.1 Å². The van der Waals surface area contributed by atoms with Crippen molar-refractivity contribution in [1.82, 2.24) is 15.0 Å². The number of rotatable bonds is 9. The Bertz CT molecular complexity index is 1950. The number of pyridine rings is 1. The van der Waals surface area contributed by atoms with Gasteiger partial charge in [-0.25, -0.2) is 23.9 Å². The third-order valence-electron chi connectivity index (χ3n) is 7.52. The average Bonchev–Trinajstić information content (AvgIpc) is 3.54. The lowest BCUT2D eigenvalue weighted by molar-refractivity contribution is 0.0429. The number of nitrogens with zero attached hydrogens (tertiary/aromatic N) is 3. The number of imidazole rings is 1. The molecule has 0 bridgehead atoms. The molecule has 0 saturated heterocycles. The molecule has 0 aliphatic rings. The number of hydrogen-bond donors (Lipinski definition) is 2. The van der Waals surface area contributed by atoms with Gasteiger partial charge in [-0.2, -0.15) is 4.90 Å². The fourth-order valence-corrected chi connectivity index (χ4v) is 5.35. The van der Waals surface area contributed by atoms with Gasteiger partial charge in [-0.05, 0) is 102 Å². The van der Waals surface area contributed by atoms with Gasteiger partial charge in [0.2, 0.25) is 0 Å². The van der Waals surface area contributed by atoms with Gasteiger partial charge in [0.05, 0.1) is 18.5 Å². The number of carbonyl (C=O) groups is 2. The number of nitrogens with one attached hydrogen (secondary N) is 2. The van der Waals surface area contributed by atoms with E-state index in [9.17, 15) is 9.59 Å². The van der Waals surface area contributed by atoms with Crippen molar-refractivity contribution in [3.63, 3.8) is 0 Å². The third-order valence-corrected chi connectivity index (χ3v) is 7.52. The first-order valence-corrected chi connectivity index (χ1v) is 16.6. The van der Waals surface area contributed by atoms with Gasteiger partial charge in [0.25, 0.3) is 0 Å². The van der Waals surface area contributed by atoms with Gasteiger partial charge in [0, 0.05) is 22.8 Å². The van der Waals surface area contributed by atoms with Crippen LogP contribution in [0.3, 0.4) is 0 Å². The summed E-state index contributed by atoms with van der Waals surface area (Å²) in [6.07, 6.45) is 2.06. The molecule has 0 spiro atoms. The lowest BCUT2D eigenvalue weighted by Crippen LogP contribution is -2.44. The second-order valence-electron chi connectivity index (χ2n) is 13.8. The molecule has 3 aromatic carbocycles. The van der Waals surface area contributed by atoms with E-state index in [0.717, 1.165) is 21.7 Å². The molecule has 11 heteroatoms. The van der Waals surface area contributed by atoms with Crippen LogP contribution in [0.1, 0.15) is 78.4 Å². The number of benzene rings is 3. The predicted octanol–water partition coefficient (Wildman–Crippen LogP) is 9.60. The van der Waals surface area contributed by atoms with Gasteiger partial charge in [-0.1, -0.05) is 43.3 Å². The summed E-state index contributed by atoms with van der Waals surface area (Å²) in [6.45, 7) is 14.4. The summed E-state index contributed by atoms with van der Waals surface area (Å²) in [4.78, 5) is 40.1. The van der Waals surface area contributed by atoms with E-state index in [-0.39, 0.29) is 11.6 Å². The van der Waals surface area contributed by atoms with Crippen molar-refractivity contribution in [3.8, 4) is 17.0 Å². The Balaban J connectivity index is 1.60. The maximum atomic E-state index is 16.2. The lowest BCUT2D eigenvalue weighted by atomic mass is 9.99. The molecule has 0 radical (unpaired) electrons. The van der Waals surface area contributed by atoms with E-state index in [4.69, 9.17) is 14.2 Å². The van der Waals surface area contributed by atoms with Crippen LogP contribution in [0.2, 0.25) is 0 Å². The van der Waals surface area contributed by atoms with Crippen LogP contribution in [0.5, 0.6) is 5.75 Å². The monoisotopic (exact) mass is 681 g/mol. The lowest BCUT2D eigenvalue weighted by Gasteiger charge is -2.28. The van der Waals surface area contributed by atoms with Crippen LogP contribution in [-0.4, -0.2) is 44.9 Å². The summed E-state index contributed by atoms with van der Waals surface area (Å²) in [7, 11) is 0. The topological polar surface area (TPSA) is 119 Å². The average molecular weight is 682 g/mol. The molecule has 5 rings (SSSR count). The molecule has 0 aliphatic carbocycles. The molecule has 1 unspecified atom stereocenters. The first-order valence-electron chi connectivity index (χ1n) is 16.6. The zero-order valence-electron chi connectivity index (χ0n) is 29.8. The van der Waals surface area contributed by atoms with Crippen molar-refractivity contribution >= 4 is 34.5 Å². The SMILES string of the molecule is CCOc1cc(CC)cc(C(Nc2ccc3c(N(C(=O)OC(C)(C)C)C(=O)OC(C)(C)C)nccc3c2)c2ncc(-c3ccccc3)[nH]2)c1F. The third kappa shape index (κ3) is 8.39. The minimum Gasteiger partial charge on any atom is -0.491 e. The molecule has 2 heterocycles. The summed E-state index contributed by atoms with van der Waals surface area (Å²) < 4.78 is 33.1. The number of fused-ring (bicyclic) bond motifs is 1. The van der Waals surface area contributed by atoms with Gasteiger partial charge >= 0.3 is 12.2 Å². The van der Waals surface area contributed by atoms with Crippen LogP contribution in [0.15, 0.2) is 79.1 Å². The van der Waals surface area contributed by atoms with Crippen LogP contribution in [0.4, 0.5) is 25.5 Å². The Morgan fingerprint density at radius 1 is 0.900 bits per heavy atom. The van der Waals surface area contributed by atoms with Gasteiger partial charge in [-0.3, -0.25) is 0 Å². The molecule has 0 saturated carbocycles. The van der Waals surface area contributed by atoms with Crippen molar-refractivity contribution in [1.29, 1.82) is 0 Å². The molecule has 1 atom stereocenters. The summed E-state index contributed by atoms with van der Waals surface area (Å²) in [5.41, 5.74) is 1.84. The predicted molar refractivity (Wildman–Crippen MR) is 193 cm³/mol. The zero-order valence-corrected chi connectivity index (χ0v) is 29.8. The molecule has 0 fully saturated rings. The fourth-order valence-electron chi connectivity index (χ4n) is 5.35. The minimum atomic E-state index is -0.919. The minimum absolute atomic E-state index is 0.0516. The molecule has 10 nitrogen and oxygen atoms in total. The quantitative estimate of drug-likeness (QED) is 0.158. The molecule has 0 aliphatic heterocycles. The summed E-state index contributed by atoms with van der Waals surface area (Å²) in [5, 5.41) is 4.62. The molecule has 5 aromatic rings. The van der Waals surface area contributed by atoms with Gasteiger partial charge in [0.15, 0.2) is 17.4 Å². The van der Waals surface area contributed by atoms with Crippen molar-refractivity contribution in [3.05, 3.63) is 102 Å². The highest BCUT2D eigenvalue weighted by Gasteiger charge is 2.35. The summed E-state index contributed by atoms with van der Waals surface area (Å²) in [6, 6.07) is 19.7. The molecule has 2 amide bonds. The van der Waals surface area contributed by atoms with Crippen LogP contribution in [0.25, 0.3) is 22.0 Å². The van der Waals surface area contributed by atoms with E-state index in [1.165, 1.54) is 6.20 Å². The van der Waals surface area contributed by atoms with Crippen LogP contribution < -0.4 is 15.0 Å². The summed E-state index contributed by atoms with van der Waals surface area (Å²) >= 11 is 0. The highest BCUT2D eigenvalue weighted by Crippen LogP contribution is 2.36. The maximum Gasteiger partial charge on any atom is 0.425 e.